The van der Waals surface area contributed by atoms with E-state index in [4.69, 9.17) is 0 Å². The number of hydrogen-bond acceptors (Lipinski definition) is 2. The van der Waals surface area contributed by atoms with Crippen LogP contribution in [0.4, 0.5) is 5.69 Å². The fraction of sp³-hybridized carbons (Fsp3) is 0.111. The van der Waals surface area contributed by atoms with Gasteiger partial charge in [0, 0.05) is 28.8 Å². The van der Waals surface area contributed by atoms with Gasteiger partial charge in [-0.1, -0.05) is 36.4 Å². The Morgan fingerprint density at radius 3 is 2.10 bits per heavy atom. The van der Waals surface area contributed by atoms with Gasteiger partial charge in [0.15, 0.2) is 5.43 Å². The summed E-state index contributed by atoms with van der Waals surface area (Å²) < 4.78 is 0. The molecule has 1 aliphatic rings. The number of para-hydroxylation sites is 1. The van der Waals surface area contributed by atoms with Crippen LogP contribution in [0.5, 0.6) is 0 Å². The molecule has 1 amide bonds. The standard InChI is InChI=1S/C18H13NO2/c1-2-19-14-10-6-5-9-13(14)16-15(17(16)20)11-7-3-4-8-12(11)18(19)21/h3-10H,2H2,1H3. The molecule has 0 atom stereocenters. The number of amides is 1. The lowest BCUT2D eigenvalue weighted by molar-refractivity contribution is 0.0989. The molecular weight excluding hydrogens is 262 g/mol. The summed E-state index contributed by atoms with van der Waals surface area (Å²) in [6, 6.07) is 15.0. The van der Waals surface area contributed by atoms with Crippen molar-refractivity contribution in [1.29, 1.82) is 0 Å². The summed E-state index contributed by atoms with van der Waals surface area (Å²) >= 11 is 0. The number of hydrogen-bond donors (Lipinski definition) is 0. The summed E-state index contributed by atoms with van der Waals surface area (Å²) in [5.74, 6) is -0.0493. The van der Waals surface area contributed by atoms with Crippen LogP contribution in [0.25, 0.3) is 22.3 Å². The highest BCUT2D eigenvalue weighted by Gasteiger charge is 2.34. The van der Waals surface area contributed by atoms with Gasteiger partial charge >= 0.3 is 0 Å². The molecule has 3 aromatic carbocycles. The van der Waals surface area contributed by atoms with Gasteiger partial charge in [0.25, 0.3) is 5.91 Å². The molecule has 0 unspecified atom stereocenters. The Bertz CT molecular complexity index is 884. The minimum absolute atomic E-state index is 0.0493. The first-order chi connectivity index (χ1) is 10.2. The predicted molar refractivity (Wildman–Crippen MR) is 83.3 cm³/mol. The Kier molecular flexibility index (Phi) is 2.39. The molecule has 0 aliphatic carbocycles. The first-order valence-corrected chi connectivity index (χ1v) is 7.03. The van der Waals surface area contributed by atoms with Gasteiger partial charge in [-0.05, 0) is 24.6 Å². The lowest BCUT2D eigenvalue weighted by Gasteiger charge is -2.25. The lowest BCUT2D eigenvalue weighted by atomic mass is 9.99. The second-order valence-corrected chi connectivity index (χ2v) is 5.19. The highest BCUT2D eigenvalue weighted by molar-refractivity contribution is 6.16. The van der Waals surface area contributed by atoms with Gasteiger partial charge < -0.3 is 4.90 Å². The van der Waals surface area contributed by atoms with E-state index in [0.717, 1.165) is 22.4 Å². The van der Waals surface area contributed by atoms with Crippen LogP contribution in [-0.2, 0) is 0 Å². The number of rotatable bonds is 1. The van der Waals surface area contributed by atoms with Crippen LogP contribution in [-0.4, -0.2) is 12.5 Å². The summed E-state index contributed by atoms with van der Waals surface area (Å²) in [4.78, 5) is 26.8. The highest BCUT2D eigenvalue weighted by atomic mass is 16.2. The summed E-state index contributed by atoms with van der Waals surface area (Å²) in [7, 11) is 0. The van der Waals surface area contributed by atoms with Gasteiger partial charge in [0.05, 0.1) is 5.69 Å². The van der Waals surface area contributed by atoms with E-state index < -0.39 is 0 Å². The molecule has 0 aromatic heterocycles. The van der Waals surface area contributed by atoms with Gasteiger partial charge in [-0.15, -0.1) is 0 Å². The molecular formula is C18H13NO2. The second-order valence-electron chi connectivity index (χ2n) is 5.19. The topological polar surface area (TPSA) is 37.4 Å². The molecule has 3 nitrogen and oxygen atoms in total. The van der Waals surface area contributed by atoms with E-state index in [1.165, 1.54) is 0 Å². The van der Waals surface area contributed by atoms with Crippen LogP contribution in [0, 0.1) is 0 Å². The third-order valence-electron chi connectivity index (χ3n) is 4.09. The molecule has 4 rings (SSSR count). The van der Waals surface area contributed by atoms with Gasteiger partial charge in [0.2, 0.25) is 0 Å². The minimum Gasteiger partial charge on any atom is -0.308 e. The smallest absolute Gasteiger partial charge is 0.258 e. The number of carbonyl (C=O) groups is 1. The Balaban J connectivity index is 2.09. The van der Waals surface area contributed by atoms with E-state index in [1.54, 1.807) is 11.0 Å². The maximum atomic E-state index is 12.8. The first kappa shape index (κ1) is 12.1. The van der Waals surface area contributed by atoms with Crippen LogP contribution in [0.2, 0.25) is 0 Å². The molecule has 0 radical (unpaired) electrons. The highest BCUT2D eigenvalue weighted by Crippen LogP contribution is 2.43. The normalized spacial score (nSPS) is 13.4. The third-order valence-corrected chi connectivity index (χ3v) is 4.09. The summed E-state index contributed by atoms with van der Waals surface area (Å²) in [6.45, 7) is 2.52. The van der Waals surface area contributed by atoms with Gasteiger partial charge in [-0.3, -0.25) is 9.59 Å². The molecule has 0 fully saturated rings. The largest absolute Gasteiger partial charge is 0.308 e. The van der Waals surface area contributed by atoms with Gasteiger partial charge in [-0.25, -0.2) is 0 Å². The molecule has 3 aromatic rings. The Hall–Kier alpha value is -2.68. The molecule has 0 saturated carbocycles. The van der Waals surface area contributed by atoms with Crippen molar-refractivity contribution in [2.45, 2.75) is 6.92 Å². The first-order valence-electron chi connectivity index (χ1n) is 7.03. The fourth-order valence-corrected chi connectivity index (χ4v) is 3.06. The van der Waals surface area contributed by atoms with Crippen LogP contribution in [0.15, 0.2) is 53.3 Å². The van der Waals surface area contributed by atoms with E-state index in [-0.39, 0.29) is 11.3 Å². The average Bonchev–Trinajstić information content (AvgIpc) is 3.18. The van der Waals surface area contributed by atoms with E-state index >= 15 is 0 Å². The number of nitrogens with zero attached hydrogens (tertiary/aromatic N) is 1. The number of fused-ring (bicyclic) bond motifs is 5. The van der Waals surface area contributed by atoms with Crippen molar-refractivity contribution >= 4 is 11.6 Å². The molecule has 21 heavy (non-hydrogen) atoms. The van der Waals surface area contributed by atoms with Crippen molar-refractivity contribution in [3.05, 3.63) is 64.3 Å². The Labute approximate surface area is 122 Å². The van der Waals surface area contributed by atoms with E-state index in [2.05, 4.69) is 0 Å². The van der Waals surface area contributed by atoms with Crippen molar-refractivity contribution in [1.82, 2.24) is 0 Å². The minimum atomic E-state index is -0.0493. The molecule has 1 aliphatic heterocycles. The molecule has 0 bridgehead atoms. The quantitative estimate of drug-likeness (QED) is 0.683. The van der Waals surface area contributed by atoms with Crippen LogP contribution in [0.1, 0.15) is 17.3 Å². The number of anilines is 1. The van der Waals surface area contributed by atoms with Crippen LogP contribution < -0.4 is 10.3 Å². The molecule has 3 heteroatoms. The van der Waals surface area contributed by atoms with Crippen molar-refractivity contribution in [2.75, 3.05) is 11.4 Å². The van der Waals surface area contributed by atoms with E-state index in [0.29, 0.717) is 17.7 Å². The van der Waals surface area contributed by atoms with Crippen molar-refractivity contribution in [3.63, 3.8) is 0 Å². The van der Waals surface area contributed by atoms with Crippen molar-refractivity contribution in [2.24, 2.45) is 0 Å². The van der Waals surface area contributed by atoms with Crippen LogP contribution in [0.3, 0.4) is 0 Å². The molecule has 102 valence electrons. The zero-order chi connectivity index (χ0) is 14.6. The molecule has 1 heterocycles. The van der Waals surface area contributed by atoms with Crippen LogP contribution >= 0.6 is 0 Å². The fourth-order valence-electron chi connectivity index (χ4n) is 3.06. The molecule has 0 saturated heterocycles. The zero-order valence-electron chi connectivity index (χ0n) is 11.6. The van der Waals surface area contributed by atoms with Gasteiger partial charge in [0.1, 0.15) is 0 Å². The summed E-state index contributed by atoms with van der Waals surface area (Å²) in [5, 5.41) is 0. The maximum Gasteiger partial charge on any atom is 0.258 e. The van der Waals surface area contributed by atoms with Gasteiger partial charge in [-0.2, -0.15) is 0 Å². The lowest BCUT2D eigenvalue weighted by Crippen LogP contribution is -2.31. The zero-order valence-corrected chi connectivity index (χ0v) is 11.6. The van der Waals surface area contributed by atoms with E-state index in [9.17, 15) is 9.59 Å². The van der Waals surface area contributed by atoms with Crippen molar-refractivity contribution < 1.29 is 4.79 Å². The summed E-state index contributed by atoms with van der Waals surface area (Å²) in [6.07, 6.45) is 0. The Morgan fingerprint density at radius 2 is 1.38 bits per heavy atom. The summed E-state index contributed by atoms with van der Waals surface area (Å²) in [5.41, 5.74) is 4.55. The number of carbonyl (C=O) groups excluding carboxylic acids is 1. The Morgan fingerprint density at radius 1 is 0.810 bits per heavy atom. The monoisotopic (exact) mass is 275 g/mol. The second kappa shape index (κ2) is 4.16. The SMILES string of the molecule is CCN1C(=O)c2ccccc2-c2c(c2=O)-c2ccccc21. The number of benzene rings is 2. The van der Waals surface area contributed by atoms with E-state index in [1.807, 2.05) is 49.4 Å². The molecule has 0 spiro atoms. The predicted octanol–water partition coefficient (Wildman–Crippen LogP) is 3.24. The molecule has 0 N–H and O–H groups in total. The average molecular weight is 275 g/mol. The van der Waals surface area contributed by atoms with Crippen molar-refractivity contribution in [3.8, 4) is 22.3 Å². The maximum absolute atomic E-state index is 12.8. The third kappa shape index (κ3) is 1.54.